The van der Waals surface area contributed by atoms with E-state index in [0.717, 1.165) is 22.4 Å². The second-order valence-corrected chi connectivity index (χ2v) is 6.51. The van der Waals surface area contributed by atoms with Crippen molar-refractivity contribution in [2.45, 2.75) is 33.8 Å². The van der Waals surface area contributed by atoms with Crippen LogP contribution >= 0.6 is 0 Å². The summed E-state index contributed by atoms with van der Waals surface area (Å²) in [7, 11) is 1.57. The fraction of sp³-hybridized carbons (Fsp3) is 0.304. The minimum absolute atomic E-state index is 0.382. The van der Waals surface area contributed by atoms with Gasteiger partial charge in [0, 0.05) is 11.8 Å². The molecule has 2 rings (SSSR count). The van der Waals surface area contributed by atoms with Gasteiger partial charge in [0.15, 0.2) is 17.6 Å². The molecule has 0 unspecified atom stereocenters. The molecule has 154 valence electrons. The van der Waals surface area contributed by atoms with Gasteiger partial charge in [-0.2, -0.15) is 0 Å². The molecule has 0 aromatic heterocycles. The van der Waals surface area contributed by atoms with Gasteiger partial charge in [-0.25, -0.2) is 4.79 Å². The number of anilines is 1. The van der Waals surface area contributed by atoms with Gasteiger partial charge in [-0.05, 0) is 62.6 Å². The Labute approximate surface area is 171 Å². The number of carbonyl (C=O) groups excluding carboxylic acids is 2. The standard InChI is InChI=1S/C23H27NO5/c1-6-28-20-14-18(10-12-19(20)27-5)11-13-21(25)29-17(4)23(26)24-22-15(2)8-7-9-16(22)3/h7-14,17H,6H2,1-5H3,(H,24,26)/b13-11+/t17-/m0/s1. The molecule has 0 saturated heterocycles. The van der Waals surface area contributed by atoms with Gasteiger partial charge in [0.1, 0.15) is 0 Å². The molecule has 6 heteroatoms. The molecule has 6 nitrogen and oxygen atoms in total. The molecule has 2 aromatic rings. The summed E-state index contributed by atoms with van der Waals surface area (Å²) < 4.78 is 16.0. The van der Waals surface area contributed by atoms with Gasteiger partial charge in [-0.1, -0.05) is 24.3 Å². The number of aryl methyl sites for hydroxylation is 2. The number of amides is 1. The van der Waals surface area contributed by atoms with Crippen LogP contribution in [0.15, 0.2) is 42.5 Å². The fourth-order valence-electron chi connectivity index (χ4n) is 2.73. The number of carbonyl (C=O) groups is 2. The van der Waals surface area contributed by atoms with Crippen LogP contribution < -0.4 is 14.8 Å². The van der Waals surface area contributed by atoms with Crippen LogP contribution in [0, 0.1) is 13.8 Å². The number of hydrogen-bond donors (Lipinski definition) is 1. The molecule has 0 aliphatic heterocycles. The van der Waals surface area contributed by atoms with E-state index in [4.69, 9.17) is 14.2 Å². The molecular weight excluding hydrogens is 370 g/mol. The minimum atomic E-state index is -0.930. The molecule has 2 aromatic carbocycles. The molecule has 29 heavy (non-hydrogen) atoms. The van der Waals surface area contributed by atoms with E-state index < -0.39 is 12.1 Å². The molecule has 0 radical (unpaired) electrons. The van der Waals surface area contributed by atoms with Gasteiger partial charge in [-0.15, -0.1) is 0 Å². The van der Waals surface area contributed by atoms with Crippen molar-refractivity contribution in [3.8, 4) is 11.5 Å². The maximum atomic E-state index is 12.4. The largest absolute Gasteiger partial charge is 0.493 e. The summed E-state index contributed by atoms with van der Waals surface area (Å²) in [6.07, 6.45) is 1.95. The van der Waals surface area contributed by atoms with Crippen LogP contribution in [-0.2, 0) is 14.3 Å². The van der Waals surface area contributed by atoms with Gasteiger partial charge < -0.3 is 19.5 Å². The number of para-hydroxylation sites is 1. The van der Waals surface area contributed by atoms with E-state index in [1.807, 2.05) is 39.0 Å². The highest BCUT2D eigenvalue weighted by molar-refractivity contribution is 5.97. The van der Waals surface area contributed by atoms with Crippen LogP contribution in [0.1, 0.15) is 30.5 Å². The van der Waals surface area contributed by atoms with Crippen LogP contribution in [0.4, 0.5) is 5.69 Å². The number of rotatable bonds is 8. The van der Waals surface area contributed by atoms with Gasteiger partial charge in [0.25, 0.3) is 5.91 Å². The lowest BCUT2D eigenvalue weighted by atomic mass is 10.1. The maximum Gasteiger partial charge on any atom is 0.331 e. The number of hydrogen-bond acceptors (Lipinski definition) is 5. The average Bonchev–Trinajstić information content (AvgIpc) is 2.69. The smallest absolute Gasteiger partial charge is 0.331 e. The van der Waals surface area contributed by atoms with Gasteiger partial charge in [0.05, 0.1) is 13.7 Å². The predicted molar refractivity (Wildman–Crippen MR) is 113 cm³/mol. The number of esters is 1. The number of ether oxygens (including phenoxy) is 3. The summed E-state index contributed by atoms with van der Waals surface area (Å²) in [6, 6.07) is 11.1. The van der Waals surface area contributed by atoms with Gasteiger partial charge >= 0.3 is 5.97 Å². The van der Waals surface area contributed by atoms with Crippen LogP contribution in [0.2, 0.25) is 0 Å². The van der Waals surface area contributed by atoms with Crippen molar-refractivity contribution < 1.29 is 23.8 Å². The number of nitrogens with one attached hydrogen (secondary N) is 1. The Morgan fingerprint density at radius 3 is 2.41 bits per heavy atom. The first kappa shape index (κ1) is 22.0. The summed E-state index contributed by atoms with van der Waals surface area (Å²) in [5.74, 6) is 0.213. The first-order valence-corrected chi connectivity index (χ1v) is 9.42. The summed E-state index contributed by atoms with van der Waals surface area (Å²) in [4.78, 5) is 24.5. The Bertz CT molecular complexity index is 884. The Morgan fingerprint density at radius 1 is 1.10 bits per heavy atom. The summed E-state index contributed by atoms with van der Waals surface area (Å²) in [5, 5.41) is 2.82. The van der Waals surface area contributed by atoms with E-state index in [1.165, 1.54) is 13.0 Å². The first-order chi connectivity index (χ1) is 13.8. The van der Waals surface area contributed by atoms with Crippen molar-refractivity contribution in [1.29, 1.82) is 0 Å². The van der Waals surface area contributed by atoms with E-state index in [1.54, 1.807) is 31.4 Å². The summed E-state index contributed by atoms with van der Waals surface area (Å²) >= 11 is 0. The van der Waals surface area contributed by atoms with Crippen molar-refractivity contribution >= 4 is 23.6 Å². The van der Waals surface area contributed by atoms with Gasteiger partial charge in [-0.3, -0.25) is 4.79 Å². The highest BCUT2D eigenvalue weighted by Gasteiger charge is 2.18. The number of benzene rings is 2. The maximum absolute atomic E-state index is 12.4. The predicted octanol–water partition coefficient (Wildman–Crippen LogP) is 4.29. The lowest BCUT2D eigenvalue weighted by Gasteiger charge is -2.15. The average molecular weight is 397 g/mol. The Kier molecular flexibility index (Phi) is 7.83. The zero-order valence-corrected chi connectivity index (χ0v) is 17.4. The van der Waals surface area contributed by atoms with Crippen molar-refractivity contribution in [2.75, 3.05) is 19.0 Å². The Morgan fingerprint density at radius 2 is 1.79 bits per heavy atom. The highest BCUT2D eigenvalue weighted by Crippen LogP contribution is 2.28. The second-order valence-electron chi connectivity index (χ2n) is 6.51. The van der Waals surface area contributed by atoms with E-state index in [-0.39, 0.29) is 5.91 Å². The van der Waals surface area contributed by atoms with Crippen LogP contribution in [-0.4, -0.2) is 31.7 Å². The van der Waals surface area contributed by atoms with Crippen molar-refractivity contribution in [2.24, 2.45) is 0 Å². The Balaban J connectivity index is 1.99. The fourth-order valence-corrected chi connectivity index (χ4v) is 2.73. The van der Waals surface area contributed by atoms with E-state index >= 15 is 0 Å². The summed E-state index contributed by atoms with van der Waals surface area (Å²) in [6.45, 7) is 7.73. The molecule has 0 saturated carbocycles. The molecule has 0 aliphatic rings. The van der Waals surface area contributed by atoms with E-state index in [2.05, 4.69) is 5.32 Å². The first-order valence-electron chi connectivity index (χ1n) is 9.42. The molecule has 0 fully saturated rings. The minimum Gasteiger partial charge on any atom is -0.493 e. The quantitative estimate of drug-likeness (QED) is 0.531. The molecular formula is C23H27NO5. The SMILES string of the molecule is CCOc1cc(/C=C/C(=O)O[C@@H](C)C(=O)Nc2c(C)cccc2C)ccc1OC. The second kappa shape index (κ2) is 10.3. The molecule has 0 heterocycles. The van der Waals surface area contributed by atoms with Crippen LogP contribution in [0.3, 0.4) is 0 Å². The molecule has 1 amide bonds. The van der Waals surface area contributed by atoms with Crippen LogP contribution in [0.5, 0.6) is 11.5 Å². The highest BCUT2D eigenvalue weighted by atomic mass is 16.5. The third-order valence-corrected chi connectivity index (χ3v) is 4.29. The van der Waals surface area contributed by atoms with Crippen LogP contribution in [0.25, 0.3) is 6.08 Å². The summed E-state index contributed by atoms with van der Waals surface area (Å²) in [5.41, 5.74) is 3.37. The zero-order chi connectivity index (χ0) is 21.4. The van der Waals surface area contributed by atoms with Crippen molar-refractivity contribution in [3.05, 3.63) is 59.2 Å². The monoisotopic (exact) mass is 397 g/mol. The third-order valence-electron chi connectivity index (χ3n) is 4.29. The molecule has 0 bridgehead atoms. The van der Waals surface area contributed by atoms with E-state index in [9.17, 15) is 9.59 Å². The molecule has 1 N–H and O–H groups in total. The van der Waals surface area contributed by atoms with Gasteiger partial charge in [0.2, 0.25) is 0 Å². The molecule has 0 spiro atoms. The lowest BCUT2D eigenvalue weighted by Crippen LogP contribution is -2.30. The third kappa shape index (κ3) is 6.10. The molecule has 0 aliphatic carbocycles. The zero-order valence-electron chi connectivity index (χ0n) is 17.4. The topological polar surface area (TPSA) is 73.9 Å². The Hall–Kier alpha value is -3.28. The van der Waals surface area contributed by atoms with Crippen molar-refractivity contribution in [3.63, 3.8) is 0 Å². The van der Waals surface area contributed by atoms with E-state index in [0.29, 0.717) is 18.1 Å². The number of methoxy groups -OCH3 is 1. The molecule has 1 atom stereocenters. The lowest BCUT2D eigenvalue weighted by molar-refractivity contribution is -0.148. The normalized spacial score (nSPS) is 11.8. The van der Waals surface area contributed by atoms with Crippen molar-refractivity contribution in [1.82, 2.24) is 0 Å².